The highest BCUT2D eigenvalue weighted by atomic mass is 35.5. The number of hydrogen-bond acceptors (Lipinski definition) is 6. The van der Waals surface area contributed by atoms with Gasteiger partial charge in [-0.25, -0.2) is 18.6 Å². The zero-order valence-electron chi connectivity index (χ0n) is 18.8. The molecule has 1 saturated heterocycles. The van der Waals surface area contributed by atoms with Crippen LogP contribution in [-0.2, 0) is 4.74 Å². The summed E-state index contributed by atoms with van der Waals surface area (Å²) in [6, 6.07) is 12.1. The molecule has 0 unspecified atom stereocenters. The average molecular weight is 512 g/mol. The van der Waals surface area contributed by atoms with Gasteiger partial charge in [0.25, 0.3) is 0 Å². The Bertz CT molecular complexity index is 1430. The van der Waals surface area contributed by atoms with Crippen molar-refractivity contribution in [2.75, 3.05) is 41.8 Å². The average Bonchev–Trinajstić information content (AvgIpc) is 2.88. The van der Waals surface area contributed by atoms with Crippen molar-refractivity contribution >= 4 is 45.9 Å². The number of nitrogens with one attached hydrogen (secondary N) is 2. The molecule has 4 aromatic rings. The standard InChI is InChI=1S/C25H20ClF2N5O3/c26-23-20(32-25(34)30-16-3-1-2-15(27)12-16)7-5-18(28)24(23)36-17-4-6-19-21(13-17)31-22(14-29-19)33-8-10-35-11-9-33/h1-7,12-14H,8-11H2,(H2,30,32,34). The van der Waals surface area contributed by atoms with Crippen molar-refractivity contribution in [3.05, 3.63) is 77.5 Å². The zero-order chi connectivity index (χ0) is 25.1. The molecule has 0 atom stereocenters. The maximum atomic E-state index is 14.6. The Morgan fingerprint density at radius 3 is 2.67 bits per heavy atom. The molecule has 11 heteroatoms. The molecule has 0 bridgehead atoms. The molecule has 2 heterocycles. The summed E-state index contributed by atoms with van der Waals surface area (Å²) < 4.78 is 39.1. The zero-order valence-corrected chi connectivity index (χ0v) is 19.6. The van der Waals surface area contributed by atoms with Crippen molar-refractivity contribution in [2.24, 2.45) is 0 Å². The summed E-state index contributed by atoms with van der Waals surface area (Å²) >= 11 is 6.37. The van der Waals surface area contributed by atoms with Crippen molar-refractivity contribution in [1.82, 2.24) is 9.97 Å². The summed E-state index contributed by atoms with van der Waals surface area (Å²) in [6.07, 6.45) is 1.70. The van der Waals surface area contributed by atoms with Crippen LogP contribution >= 0.6 is 11.6 Å². The van der Waals surface area contributed by atoms with Gasteiger partial charge in [0.1, 0.15) is 22.4 Å². The number of urea groups is 1. The number of halogens is 3. The van der Waals surface area contributed by atoms with Crippen LogP contribution < -0.4 is 20.3 Å². The van der Waals surface area contributed by atoms with E-state index in [2.05, 4.69) is 25.5 Å². The van der Waals surface area contributed by atoms with Gasteiger partial charge in [-0.05, 0) is 42.5 Å². The minimum Gasteiger partial charge on any atom is -0.453 e. The maximum Gasteiger partial charge on any atom is 0.323 e. The van der Waals surface area contributed by atoms with Crippen LogP contribution in [0.25, 0.3) is 11.0 Å². The monoisotopic (exact) mass is 511 g/mol. The number of nitrogens with zero attached hydrogens (tertiary/aromatic N) is 3. The van der Waals surface area contributed by atoms with Gasteiger partial charge in [-0.2, -0.15) is 0 Å². The van der Waals surface area contributed by atoms with E-state index in [1.165, 1.54) is 24.3 Å². The van der Waals surface area contributed by atoms with E-state index in [4.69, 9.17) is 21.1 Å². The van der Waals surface area contributed by atoms with Crippen molar-refractivity contribution in [3.63, 3.8) is 0 Å². The number of morpholine rings is 1. The SMILES string of the molecule is O=C(Nc1cccc(F)c1)Nc1ccc(F)c(Oc2ccc3ncc(N4CCOCC4)nc3c2)c1Cl. The molecule has 3 aromatic carbocycles. The second-order valence-electron chi connectivity index (χ2n) is 7.91. The van der Waals surface area contributed by atoms with E-state index in [9.17, 15) is 13.6 Å². The normalized spacial score (nSPS) is 13.5. The molecule has 0 aliphatic carbocycles. The first kappa shape index (κ1) is 23.7. The van der Waals surface area contributed by atoms with Gasteiger partial charge >= 0.3 is 6.03 Å². The number of benzene rings is 3. The maximum absolute atomic E-state index is 14.6. The van der Waals surface area contributed by atoms with E-state index in [1.54, 1.807) is 24.4 Å². The highest BCUT2D eigenvalue weighted by Gasteiger charge is 2.18. The van der Waals surface area contributed by atoms with Crippen LogP contribution in [0.5, 0.6) is 11.5 Å². The molecule has 0 saturated carbocycles. The summed E-state index contributed by atoms with van der Waals surface area (Å²) in [5.74, 6) is -0.484. The quantitative estimate of drug-likeness (QED) is 0.350. The van der Waals surface area contributed by atoms with Crippen LogP contribution in [0.1, 0.15) is 0 Å². The van der Waals surface area contributed by atoms with Gasteiger partial charge in [0.2, 0.25) is 0 Å². The number of carbonyl (C=O) groups excluding carboxylic acids is 1. The molecule has 2 N–H and O–H groups in total. The molecule has 1 aromatic heterocycles. The van der Waals surface area contributed by atoms with Crippen molar-refractivity contribution in [2.45, 2.75) is 0 Å². The van der Waals surface area contributed by atoms with Gasteiger partial charge in [-0.3, -0.25) is 4.98 Å². The lowest BCUT2D eigenvalue weighted by molar-refractivity contribution is 0.122. The first-order valence-corrected chi connectivity index (χ1v) is 11.4. The van der Waals surface area contributed by atoms with Crippen LogP contribution in [0.4, 0.5) is 30.8 Å². The number of hydrogen-bond donors (Lipinski definition) is 2. The minimum absolute atomic E-state index is 0.108. The fourth-order valence-corrected chi connectivity index (χ4v) is 3.92. The predicted octanol–water partition coefficient (Wildman–Crippen LogP) is 5.83. The Morgan fingerprint density at radius 2 is 1.86 bits per heavy atom. The topological polar surface area (TPSA) is 88.6 Å². The van der Waals surface area contributed by atoms with Gasteiger partial charge in [0, 0.05) is 24.8 Å². The van der Waals surface area contributed by atoms with E-state index in [-0.39, 0.29) is 27.9 Å². The Hall–Kier alpha value is -4.02. The molecule has 0 radical (unpaired) electrons. The van der Waals surface area contributed by atoms with Gasteiger partial charge in [-0.15, -0.1) is 0 Å². The summed E-state index contributed by atoms with van der Waals surface area (Å²) in [4.78, 5) is 23.5. The second kappa shape index (κ2) is 10.3. The number of anilines is 3. The van der Waals surface area contributed by atoms with Gasteiger partial charge in [-0.1, -0.05) is 17.7 Å². The summed E-state index contributed by atoms with van der Waals surface area (Å²) in [7, 11) is 0. The fourth-order valence-electron chi connectivity index (χ4n) is 3.68. The molecule has 8 nitrogen and oxygen atoms in total. The largest absolute Gasteiger partial charge is 0.453 e. The Kier molecular flexibility index (Phi) is 6.79. The summed E-state index contributed by atoms with van der Waals surface area (Å²) in [5.41, 5.74) is 1.57. The molecule has 184 valence electrons. The molecule has 1 fully saturated rings. The minimum atomic E-state index is -0.718. The van der Waals surface area contributed by atoms with E-state index < -0.39 is 17.7 Å². The molecule has 1 aliphatic heterocycles. The van der Waals surface area contributed by atoms with Crippen LogP contribution in [0.2, 0.25) is 5.02 Å². The smallest absolute Gasteiger partial charge is 0.323 e. The van der Waals surface area contributed by atoms with Crippen LogP contribution in [0, 0.1) is 11.6 Å². The van der Waals surface area contributed by atoms with Crippen molar-refractivity contribution < 1.29 is 23.0 Å². The predicted molar refractivity (Wildman–Crippen MR) is 133 cm³/mol. The number of fused-ring (bicyclic) bond motifs is 1. The van der Waals surface area contributed by atoms with Gasteiger partial charge < -0.3 is 25.0 Å². The second-order valence-corrected chi connectivity index (χ2v) is 8.29. The van der Waals surface area contributed by atoms with Crippen molar-refractivity contribution in [3.8, 4) is 11.5 Å². The molecular formula is C25H20ClF2N5O3. The van der Waals surface area contributed by atoms with Crippen LogP contribution in [-0.4, -0.2) is 42.3 Å². The number of aromatic nitrogens is 2. The first-order chi connectivity index (χ1) is 17.5. The van der Waals surface area contributed by atoms with Gasteiger partial charge in [0.15, 0.2) is 11.6 Å². The molecule has 5 rings (SSSR count). The Morgan fingerprint density at radius 1 is 1.03 bits per heavy atom. The van der Waals surface area contributed by atoms with Crippen molar-refractivity contribution in [1.29, 1.82) is 0 Å². The van der Waals surface area contributed by atoms with E-state index in [1.807, 2.05) is 0 Å². The lowest BCUT2D eigenvalue weighted by Crippen LogP contribution is -2.36. The molecule has 1 aliphatic rings. The highest BCUT2D eigenvalue weighted by molar-refractivity contribution is 6.35. The Labute approximate surface area is 209 Å². The number of rotatable bonds is 5. The van der Waals surface area contributed by atoms with Crippen LogP contribution in [0.15, 0.2) is 60.8 Å². The number of ether oxygens (including phenoxy) is 2. The highest BCUT2D eigenvalue weighted by Crippen LogP contribution is 2.38. The third-order valence-electron chi connectivity index (χ3n) is 5.44. The third-order valence-corrected chi connectivity index (χ3v) is 5.81. The molecule has 2 amide bonds. The Balaban J connectivity index is 1.36. The van der Waals surface area contributed by atoms with Gasteiger partial charge in [0.05, 0.1) is 36.1 Å². The molecule has 0 spiro atoms. The summed E-state index contributed by atoms with van der Waals surface area (Å²) in [5, 5.41) is 4.86. The lowest BCUT2D eigenvalue weighted by atomic mass is 10.2. The fraction of sp³-hybridized carbons (Fsp3) is 0.160. The van der Waals surface area contributed by atoms with E-state index in [0.29, 0.717) is 43.2 Å². The molecular weight excluding hydrogens is 492 g/mol. The number of amides is 2. The lowest BCUT2D eigenvalue weighted by Gasteiger charge is -2.27. The summed E-state index contributed by atoms with van der Waals surface area (Å²) in [6.45, 7) is 2.66. The van der Waals surface area contributed by atoms with Crippen LogP contribution in [0.3, 0.4) is 0 Å². The van der Waals surface area contributed by atoms with E-state index in [0.717, 1.165) is 12.1 Å². The molecule has 36 heavy (non-hydrogen) atoms. The van der Waals surface area contributed by atoms with E-state index >= 15 is 0 Å². The first-order valence-electron chi connectivity index (χ1n) is 11.1. The number of carbonyl (C=O) groups is 1. The third kappa shape index (κ3) is 5.29.